The Bertz CT molecular complexity index is 1420. The van der Waals surface area contributed by atoms with Crippen LogP contribution in [0.3, 0.4) is 0 Å². The molecule has 4 aromatic rings. The van der Waals surface area contributed by atoms with Gasteiger partial charge < -0.3 is 20.6 Å². The number of hydrogen-bond donors (Lipinski definition) is 3. The molecule has 3 N–H and O–H groups in total. The summed E-state index contributed by atoms with van der Waals surface area (Å²) in [5.41, 5.74) is 2.21. The number of nitrogens with zero attached hydrogens (tertiary/aromatic N) is 5. The Balaban J connectivity index is 1.30. The first kappa shape index (κ1) is 22.6. The maximum atomic E-state index is 13.2. The van der Waals surface area contributed by atoms with E-state index in [0.717, 1.165) is 28.9 Å². The van der Waals surface area contributed by atoms with Crippen LogP contribution in [0.4, 0.5) is 30.2 Å². The molecule has 0 aliphatic carbocycles. The van der Waals surface area contributed by atoms with E-state index in [9.17, 15) is 23.1 Å². The number of pyridine rings is 2. The number of benzene rings is 1. The number of halogens is 3. The number of nitrogens with one attached hydrogen (secondary N) is 2. The predicted molar refractivity (Wildman–Crippen MR) is 122 cm³/mol. The van der Waals surface area contributed by atoms with Crippen LogP contribution >= 0.6 is 0 Å². The predicted octanol–water partition coefficient (Wildman–Crippen LogP) is 3.51. The zero-order valence-electron chi connectivity index (χ0n) is 18.4. The van der Waals surface area contributed by atoms with Gasteiger partial charge in [-0.1, -0.05) is 12.1 Å². The second-order valence-electron chi connectivity index (χ2n) is 8.14. The average Bonchev–Trinajstić information content (AvgIpc) is 3.33. The van der Waals surface area contributed by atoms with Gasteiger partial charge in [0, 0.05) is 30.9 Å². The molecule has 180 valence electrons. The van der Waals surface area contributed by atoms with Gasteiger partial charge in [0.2, 0.25) is 0 Å². The molecule has 0 spiro atoms. The molecular weight excluding hydrogens is 463 g/mol. The van der Waals surface area contributed by atoms with Gasteiger partial charge in [0.25, 0.3) is 5.91 Å². The molecule has 1 atom stereocenters. The summed E-state index contributed by atoms with van der Waals surface area (Å²) in [6, 6.07) is 9.41. The Morgan fingerprint density at radius 2 is 1.97 bits per heavy atom. The molecule has 5 rings (SSSR count). The molecule has 1 amide bonds. The standard InChI is InChI=1S/C23H20F3N7O2/c1-32-21-14(9-29-32)7-16(10-28-21)30-17-4-2-3-13-11-33(22(35)20(13)17)12-19(34)31-15-5-6-27-18(8-15)23(24,25)26/h2-10,19,30,34H,11-12H2,1H3,(H,27,31). The highest BCUT2D eigenvalue weighted by molar-refractivity contribution is 6.04. The molecule has 0 saturated heterocycles. The number of aryl methyl sites for hydroxylation is 1. The fourth-order valence-corrected chi connectivity index (χ4v) is 4.06. The van der Waals surface area contributed by atoms with Crippen molar-refractivity contribution in [2.45, 2.75) is 18.9 Å². The summed E-state index contributed by atoms with van der Waals surface area (Å²) in [7, 11) is 1.80. The van der Waals surface area contributed by atoms with Gasteiger partial charge in [-0.2, -0.15) is 18.3 Å². The van der Waals surface area contributed by atoms with E-state index >= 15 is 0 Å². The third kappa shape index (κ3) is 4.47. The average molecular weight is 483 g/mol. The minimum Gasteiger partial charge on any atom is -0.372 e. The number of aromatic nitrogens is 4. The molecule has 9 nitrogen and oxygen atoms in total. The van der Waals surface area contributed by atoms with Crippen LogP contribution in [0.15, 0.2) is 55.0 Å². The highest BCUT2D eigenvalue weighted by Crippen LogP contribution is 2.32. The lowest BCUT2D eigenvalue weighted by molar-refractivity contribution is -0.141. The Morgan fingerprint density at radius 3 is 2.77 bits per heavy atom. The monoisotopic (exact) mass is 483 g/mol. The van der Waals surface area contributed by atoms with E-state index in [0.29, 0.717) is 16.9 Å². The Morgan fingerprint density at radius 1 is 1.14 bits per heavy atom. The molecule has 1 aliphatic rings. The van der Waals surface area contributed by atoms with Gasteiger partial charge in [-0.25, -0.2) is 4.98 Å². The molecule has 0 saturated carbocycles. The number of aliphatic hydroxyl groups excluding tert-OH is 1. The van der Waals surface area contributed by atoms with Gasteiger partial charge >= 0.3 is 6.18 Å². The quantitative estimate of drug-likeness (QED) is 0.360. The summed E-state index contributed by atoms with van der Waals surface area (Å²) in [5.74, 6) is -0.301. The van der Waals surface area contributed by atoms with Crippen molar-refractivity contribution in [1.29, 1.82) is 0 Å². The lowest BCUT2D eigenvalue weighted by Gasteiger charge is -2.22. The van der Waals surface area contributed by atoms with Crippen LogP contribution < -0.4 is 10.6 Å². The molecule has 1 aliphatic heterocycles. The van der Waals surface area contributed by atoms with E-state index in [-0.39, 0.29) is 24.7 Å². The molecule has 0 fully saturated rings. The number of anilines is 3. The van der Waals surface area contributed by atoms with Crippen molar-refractivity contribution >= 4 is 34.0 Å². The lowest BCUT2D eigenvalue weighted by atomic mass is 10.1. The summed E-state index contributed by atoms with van der Waals surface area (Å²) in [6.07, 6.45) is -1.53. The van der Waals surface area contributed by atoms with Crippen molar-refractivity contribution in [3.8, 4) is 0 Å². The number of alkyl halides is 3. The largest absolute Gasteiger partial charge is 0.433 e. The maximum Gasteiger partial charge on any atom is 0.433 e. The highest BCUT2D eigenvalue weighted by atomic mass is 19.4. The number of amides is 1. The number of hydrogen-bond acceptors (Lipinski definition) is 7. The number of carbonyl (C=O) groups excluding carboxylic acids is 1. The third-order valence-corrected chi connectivity index (χ3v) is 5.64. The molecule has 3 aromatic heterocycles. The maximum absolute atomic E-state index is 13.2. The zero-order chi connectivity index (χ0) is 24.7. The Hall–Kier alpha value is -4.19. The topological polar surface area (TPSA) is 108 Å². The van der Waals surface area contributed by atoms with Gasteiger partial charge in [-0.15, -0.1) is 0 Å². The van der Waals surface area contributed by atoms with Crippen LogP contribution in [-0.4, -0.2) is 48.4 Å². The normalized spacial score (nSPS) is 14.3. The van der Waals surface area contributed by atoms with Crippen molar-refractivity contribution in [1.82, 2.24) is 24.6 Å². The van der Waals surface area contributed by atoms with E-state index < -0.39 is 18.1 Å². The van der Waals surface area contributed by atoms with Crippen LogP contribution in [0, 0.1) is 0 Å². The molecule has 1 unspecified atom stereocenters. The summed E-state index contributed by atoms with van der Waals surface area (Å²) >= 11 is 0. The second kappa shape index (κ2) is 8.55. The summed E-state index contributed by atoms with van der Waals surface area (Å²) in [5, 5.41) is 21.3. The summed E-state index contributed by atoms with van der Waals surface area (Å²) in [6.45, 7) is 0.131. The zero-order valence-corrected chi connectivity index (χ0v) is 18.4. The second-order valence-corrected chi connectivity index (χ2v) is 8.14. The molecule has 12 heteroatoms. The Labute approximate surface area is 197 Å². The number of carbonyl (C=O) groups is 1. The van der Waals surface area contributed by atoms with Gasteiger partial charge in [-0.05, 0) is 29.8 Å². The first-order valence-corrected chi connectivity index (χ1v) is 10.6. The fourth-order valence-electron chi connectivity index (χ4n) is 4.06. The van der Waals surface area contributed by atoms with Crippen LogP contribution in [0.2, 0.25) is 0 Å². The smallest absolute Gasteiger partial charge is 0.372 e. The molecule has 35 heavy (non-hydrogen) atoms. The number of rotatable bonds is 6. The van der Waals surface area contributed by atoms with Crippen molar-refractivity contribution in [2.75, 3.05) is 17.2 Å². The lowest BCUT2D eigenvalue weighted by Crippen LogP contribution is -2.37. The van der Waals surface area contributed by atoms with E-state index in [1.807, 2.05) is 18.2 Å². The van der Waals surface area contributed by atoms with Crippen molar-refractivity contribution in [2.24, 2.45) is 7.05 Å². The van der Waals surface area contributed by atoms with E-state index in [1.54, 1.807) is 30.2 Å². The fraction of sp³-hybridized carbons (Fsp3) is 0.217. The van der Waals surface area contributed by atoms with Gasteiger partial charge in [0.05, 0.1) is 35.9 Å². The highest BCUT2D eigenvalue weighted by Gasteiger charge is 2.33. The van der Waals surface area contributed by atoms with Crippen LogP contribution in [0.5, 0.6) is 0 Å². The summed E-state index contributed by atoms with van der Waals surface area (Å²) in [4.78, 5) is 22.3. The molecule has 0 bridgehead atoms. The number of β-amino-alcohol motifs (C(OH)–C–C–N with tert-alkyl or cyclic N) is 1. The van der Waals surface area contributed by atoms with Crippen LogP contribution in [0.1, 0.15) is 21.6 Å². The van der Waals surface area contributed by atoms with Crippen LogP contribution in [0.25, 0.3) is 11.0 Å². The molecule has 1 aromatic carbocycles. The van der Waals surface area contributed by atoms with Gasteiger partial charge in [0.15, 0.2) is 5.65 Å². The van der Waals surface area contributed by atoms with E-state index in [2.05, 4.69) is 25.7 Å². The van der Waals surface area contributed by atoms with Crippen molar-refractivity contribution in [3.63, 3.8) is 0 Å². The van der Waals surface area contributed by atoms with Gasteiger partial charge in [-0.3, -0.25) is 14.5 Å². The van der Waals surface area contributed by atoms with Crippen molar-refractivity contribution < 1.29 is 23.1 Å². The minimum absolute atomic E-state index is 0.0460. The first-order chi connectivity index (χ1) is 16.7. The van der Waals surface area contributed by atoms with Gasteiger partial charge in [0.1, 0.15) is 11.9 Å². The first-order valence-electron chi connectivity index (χ1n) is 10.6. The Kier molecular flexibility index (Phi) is 5.52. The van der Waals surface area contributed by atoms with Crippen LogP contribution in [-0.2, 0) is 19.8 Å². The number of fused-ring (bicyclic) bond motifs is 2. The van der Waals surface area contributed by atoms with E-state index in [4.69, 9.17) is 0 Å². The SMILES string of the molecule is Cn1ncc2cc(Nc3cccc4c3C(=O)N(CC(O)Nc3ccnc(C(F)(F)F)c3)C4)cnc21. The molecule has 4 heterocycles. The van der Waals surface area contributed by atoms with Crippen molar-refractivity contribution in [3.05, 3.63) is 71.8 Å². The molecule has 0 radical (unpaired) electrons. The third-order valence-electron chi connectivity index (χ3n) is 5.64. The summed E-state index contributed by atoms with van der Waals surface area (Å²) < 4.78 is 40.3. The van der Waals surface area contributed by atoms with E-state index in [1.165, 1.54) is 11.0 Å². The minimum atomic E-state index is -4.60. The number of aliphatic hydroxyl groups is 1. The molecular formula is C23H20F3N7O2.